The summed E-state index contributed by atoms with van der Waals surface area (Å²) in [4.78, 5) is 8.41. The van der Waals surface area contributed by atoms with Gasteiger partial charge in [0.05, 0.1) is 22.9 Å². The van der Waals surface area contributed by atoms with Crippen LogP contribution in [-0.4, -0.2) is 14.5 Å². The third kappa shape index (κ3) is 1.94. The van der Waals surface area contributed by atoms with Crippen LogP contribution in [0.2, 0.25) is 0 Å². The first-order valence-corrected chi connectivity index (χ1v) is 4.97. The molecule has 3 aromatic rings. The first-order valence-electron chi connectivity index (χ1n) is 4.97. The second-order valence-corrected chi connectivity index (χ2v) is 3.57. The van der Waals surface area contributed by atoms with E-state index < -0.39 is 0 Å². The number of anilines is 1. The van der Waals surface area contributed by atoms with E-state index in [0.717, 1.165) is 22.4 Å². The normalized spacial score (nSPS) is 10.1. The molecule has 4 nitrogen and oxygen atoms in total. The topological polar surface area (TPSA) is 56.7 Å². The highest BCUT2D eigenvalue weighted by Crippen LogP contribution is 2.19. The van der Waals surface area contributed by atoms with Gasteiger partial charge in [0.25, 0.3) is 0 Å². The highest BCUT2D eigenvalue weighted by Gasteiger charge is 2.04. The number of fused-ring (bicyclic) bond motifs is 1. The van der Waals surface area contributed by atoms with Crippen molar-refractivity contribution in [3.8, 4) is 5.69 Å². The fourth-order valence-corrected chi connectivity index (χ4v) is 1.73. The van der Waals surface area contributed by atoms with E-state index in [9.17, 15) is 0 Å². The molecule has 0 saturated heterocycles. The predicted octanol–water partition coefficient (Wildman–Crippen LogP) is 2.42. The Morgan fingerprint density at radius 2 is 2.06 bits per heavy atom. The Kier molecular flexibility index (Phi) is 2.97. The second-order valence-electron chi connectivity index (χ2n) is 3.57. The van der Waals surface area contributed by atoms with Crippen LogP contribution in [0.25, 0.3) is 16.7 Å². The maximum absolute atomic E-state index is 5.77. The summed E-state index contributed by atoms with van der Waals surface area (Å²) in [6.45, 7) is 0. The number of halogens is 1. The number of nitrogens with two attached hydrogens (primary N) is 1. The van der Waals surface area contributed by atoms with Gasteiger partial charge in [-0.25, -0.2) is 4.98 Å². The lowest BCUT2D eigenvalue weighted by Crippen LogP contribution is -1.93. The van der Waals surface area contributed by atoms with Crippen LogP contribution in [0.3, 0.4) is 0 Å². The zero-order valence-electron chi connectivity index (χ0n) is 8.95. The van der Waals surface area contributed by atoms with Crippen molar-refractivity contribution in [2.24, 2.45) is 0 Å². The Hall–Kier alpha value is -2.07. The minimum Gasteiger partial charge on any atom is -0.399 e. The summed E-state index contributed by atoms with van der Waals surface area (Å²) in [5.74, 6) is 0. The van der Waals surface area contributed by atoms with Crippen molar-refractivity contribution in [2.75, 3.05) is 5.73 Å². The third-order valence-corrected chi connectivity index (χ3v) is 2.50. The van der Waals surface area contributed by atoms with Gasteiger partial charge >= 0.3 is 0 Å². The van der Waals surface area contributed by atoms with Crippen LogP contribution in [0, 0.1) is 0 Å². The van der Waals surface area contributed by atoms with Crippen LogP contribution in [-0.2, 0) is 0 Å². The van der Waals surface area contributed by atoms with E-state index in [-0.39, 0.29) is 12.4 Å². The molecule has 86 valence electrons. The number of hydrogen-bond acceptors (Lipinski definition) is 3. The molecule has 0 fully saturated rings. The molecule has 0 amide bonds. The van der Waals surface area contributed by atoms with Crippen LogP contribution in [0.4, 0.5) is 5.69 Å². The summed E-state index contributed by atoms with van der Waals surface area (Å²) in [6.07, 6.45) is 5.32. The zero-order valence-corrected chi connectivity index (χ0v) is 9.76. The second kappa shape index (κ2) is 4.43. The molecule has 0 aliphatic rings. The minimum absolute atomic E-state index is 0. The van der Waals surface area contributed by atoms with Crippen LogP contribution >= 0.6 is 12.4 Å². The van der Waals surface area contributed by atoms with Crippen molar-refractivity contribution in [2.45, 2.75) is 0 Å². The molecule has 0 bridgehead atoms. The fourth-order valence-electron chi connectivity index (χ4n) is 1.73. The summed E-state index contributed by atoms with van der Waals surface area (Å²) in [6, 6.07) is 9.56. The lowest BCUT2D eigenvalue weighted by molar-refractivity contribution is 1.07. The lowest BCUT2D eigenvalue weighted by Gasteiger charge is -2.03. The number of hydrogen-bond donors (Lipinski definition) is 1. The molecule has 0 radical (unpaired) electrons. The van der Waals surface area contributed by atoms with Gasteiger partial charge in [-0.3, -0.25) is 9.55 Å². The molecule has 2 heterocycles. The molecule has 0 aliphatic carbocycles. The summed E-state index contributed by atoms with van der Waals surface area (Å²) in [5.41, 5.74) is 9.41. The van der Waals surface area contributed by atoms with Crippen LogP contribution in [0.1, 0.15) is 0 Å². The van der Waals surface area contributed by atoms with E-state index in [1.807, 2.05) is 34.9 Å². The summed E-state index contributed by atoms with van der Waals surface area (Å²) in [7, 11) is 0. The number of nitrogens with zero attached hydrogens (tertiary/aromatic N) is 3. The van der Waals surface area contributed by atoms with Gasteiger partial charge < -0.3 is 5.73 Å². The van der Waals surface area contributed by atoms with Crippen LogP contribution < -0.4 is 5.73 Å². The molecule has 0 spiro atoms. The molecule has 0 saturated carbocycles. The standard InChI is InChI=1S/C12H10N4.ClH/c13-9-3-4-11-12(6-9)16(8-15-11)10-2-1-5-14-7-10;/h1-8H,13H2;1H. The number of nitrogen functional groups attached to an aromatic ring is 1. The first-order chi connectivity index (χ1) is 7.84. The van der Waals surface area contributed by atoms with Crippen LogP contribution in [0.5, 0.6) is 0 Å². The third-order valence-electron chi connectivity index (χ3n) is 2.50. The predicted molar refractivity (Wildman–Crippen MR) is 70.5 cm³/mol. The van der Waals surface area contributed by atoms with E-state index >= 15 is 0 Å². The number of pyridine rings is 1. The van der Waals surface area contributed by atoms with E-state index in [4.69, 9.17) is 5.73 Å². The summed E-state index contributed by atoms with van der Waals surface area (Å²) >= 11 is 0. The van der Waals surface area contributed by atoms with E-state index in [1.54, 1.807) is 18.7 Å². The molecule has 3 rings (SSSR count). The molecule has 0 atom stereocenters. The quantitative estimate of drug-likeness (QED) is 0.671. The van der Waals surface area contributed by atoms with Crippen LogP contribution in [0.15, 0.2) is 49.1 Å². The molecule has 2 N–H and O–H groups in total. The Balaban J connectivity index is 0.00000108. The van der Waals surface area contributed by atoms with Gasteiger partial charge in [-0.05, 0) is 30.3 Å². The fraction of sp³-hybridized carbons (Fsp3) is 0. The maximum atomic E-state index is 5.77. The molecule has 0 unspecified atom stereocenters. The Morgan fingerprint density at radius 1 is 1.18 bits per heavy atom. The van der Waals surface area contributed by atoms with Crippen molar-refractivity contribution >= 4 is 29.1 Å². The molecule has 17 heavy (non-hydrogen) atoms. The van der Waals surface area contributed by atoms with Crippen molar-refractivity contribution in [1.82, 2.24) is 14.5 Å². The average molecular weight is 247 g/mol. The molecular weight excluding hydrogens is 236 g/mol. The van der Waals surface area contributed by atoms with Gasteiger partial charge in [0, 0.05) is 11.9 Å². The zero-order chi connectivity index (χ0) is 11.0. The minimum atomic E-state index is 0. The van der Waals surface area contributed by atoms with Gasteiger partial charge in [0.1, 0.15) is 6.33 Å². The molecule has 2 aromatic heterocycles. The largest absolute Gasteiger partial charge is 0.399 e. The summed E-state index contributed by atoms with van der Waals surface area (Å²) < 4.78 is 1.97. The number of benzene rings is 1. The smallest absolute Gasteiger partial charge is 0.100 e. The average Bonchev–Trinajstić information content (AvgIpc) is 2.73. The SMILES string of the molecule is Cl.Nc1ccc2ncn(-c3cccnc3)c2c1. The van der Waals surface area contributed by atoms with Gasteiger partial charge in [-0.2, -0.15) is 0 Å². The van der Waals surface area contributed by atoms with Crippen molar-refractivity contribution in [3.05, 3.63) is 49.1 Å². The van der Waals surface area contributed by atoms with Crippen molar-refractivity contribution < 1.29 is 0 Å². The van der Waals surface area contributed by atoms with E-state index in [0.29, 0.717) is 0 Å². The number of rotatable bonds is 1. The number of aromatic nitrogens is 3. The van der Waals surface area contributed by atoms with Gasteiger partial charge in [-0.1, -0.05) is 0 Å². The first kappa shape index (κ1) is 11.4. The van der Waals surface area contributed by atoms with Gasteiger partial charge in [-0.15, -0.1) is 12.4 Å². The highest BCUT2D eigenvalue weighted by molar-refractivity contribution is 5.85. The Labute approximate surface area is 105 Å². The van der Waals surface area contributed by atoms with Gasteiger partial charge in [0.2, 0.25) is 0 Å². The molecule has 1 aromatic carbocycles. The number of imidazole rings is 1. The summed E-state index contributed by atoms with van der Waals surface area (Å²) in [5, 5.41) is 0. The Morgan fingerprint density at radius 3 is 2.82 bits per heavy atom. The lowest BCUT2D eigenvalue weighted by atomic mass is 10.2. The van der Waals surface area contributed by atoms with E-state index in [1.165, 1.54) is 0 Å². The molecular formula is C12H11ClN4. The highest BCUT2D eigenvalue weighted by atomic mass is 35.5. The van der Waals surface area contributed by atoms with Gasteiger partial charge in [0.15, 0.2) is 0 Å². The molecule has 0 aliphatic heterocycles. The van der Waals surface area contributed by atoms with E-state index in [2.05, 4.69) is 9.97 Å². The molecule has 5 heteroatoms. The van der Waals surface area contributed by atoms with Crippen molar-refractivity contribution in [3.63, 3.8) is 0 Å². The Bertz CT molecular complexity index is 633. The van der Waals surface area contributed by atoms with Crippen molar-refractivity contribution in [1.29, 1.82) is 0 Å². The monoisotopic (exact) mass is 246 g/mol. The maximum Gasteiger partial charge on any atom is 0.100 e.